The molecule has 1 aromatic carbocycles. The van der Waals surface area contributed by atoms with E-state index in [0.717, 1.165) is 56.2 Å². The summed E-state index contributed by atoms with van der Waals surface area (Å²) in [6.07, 6.45) is 11.3. The van der Waals surface area contributed by atoms with Gasteiger partial charge in [-0.25, -0.2) is 13.1 Å². The van der Waals surface area contributed by atoms with Gasteiger partial charge in [0.15, 0.2) is 0 Å². The molecule has 1 amide bonds. The molecule has 0 saturated heterocycles. The van der Waals surface area contributed by atoms with Gasteiger partial charge in [0.05, 0.1) is 4.90 Å². The monoisotopic (exact) mass is 386 g/mol. The maximum Gasteiger partial charge on any atom is 0.240 e. The van der Waals surface area contributed by atoms with Crippen LogP contribution in [-0.4, -0.2) is 26.9 Å². The molecule has 0 aromatic heterocycles. The number of hydrogen-bond donors (Lipinski definition) is 1. The number of rotatable bonds is 4. The fourth-order valence-electron chi connectivity index (χ4n) is 5.37. The molecule has 144 valence electrons. The number of nitrogens with one attached hydrogen (secondary N) is 1. The first-order valence-electron chi connectivity index (χ1n) is 10.2. The topological polar surface area (TPSA) is 66.5 Å². The van der Waals surface area contributed by atoms with E-state index in [1.54, 1.807) is 12.1 Å². The first kappa shape index (κ1) is 17.4. The van der Waals surface area contributed by atoms with E-state index in [9.17, 15) is 13.2 Å². The normalized spacial score (nSPS) is 29.6. The zero-order valence-corrected chi connectivity index (χ0v) is 16.2. The van der Waals surface area contributed by atoms with Crippen molar-refractivity contribution in [1.29, 1.82) is 0 Å². The van der Waals surface area contributed by atoms with Gasteiger partial charge < -0.3 is 4.90 Å². The Labute approximate surface area is 160 Å². The third-order valence-corrected chi connectivity index (χ3v) is 8.31. The average Bonchev–Trinajstić information content (AvgIpc) is 3.43. The SMILES string of the molecule is O=C([C@H]1C[C@@H]2C=C[C@H]1C2)N1CCc2cc(S(=O)(=O)NC3CCCC3)ccc21. The lowest BCUT2D eigenvalue weighted by Gasteiger charge is -2.25. The number of allylic oxidation sites excluding steroid dienone is 2. The number of anilines is 1. The van der Waals surface area contributed by atoms with Crippen LogP contribution in [0.25, 0.3) is 0 Å². The summed E-state index contributed by atoms with van der Waals surface area (Å²) in [6, 6.07) is 5.31. The number of benzene rings is 1. The van der Waals surface area contributed by atoms with E-state index >= 15 is 0 Å². The third-order valence-electron chi connectivity index (χ3n) is 6.80. The predicted molar refractivity (Wildman–Crippen MR) is 104 cm³/mol. The van der Waals surface area contributed by atoms with Crippen molar-refractivity contribution in [3.63, 3.8) is 0 Å². The molecular formula is C21H26N2O3S. The predicted octanol–water partition coefficient (Wildman–Crippen LogP) is 3.01. The van der Waals surface area contributed by atoms with Crippen molar-refractivity contribution in [1.82, 2.24) is 4.72 Å². The molecule has 5 nitrogen and oxygen atoms in total. The Bertz CT molecular complexity index is 902. The van der Waals surface area contributed by atoms with Crippen molar-refractivity contribution in [3.8, 4) is 0 Å². The van der Waals surface area contributed by atoms with Gasteiger partial charge in [-0.15, -0.1) is 0 Å². The van der Waals surface area contributed by atoms with Gasteiger partial charge in [0, 0.05) is 24.2 Å². The highest BCUT2D eigenvalue weighted by molar-refractivity contribution is 7.89. The first-order valence-corrected chi connectivity index (χ1v) is 11.6. The van der Waals surface area contributed by atoms with Crippen LogP contribution in [0, 0.1) is 17.8 Å². The molecule has 27 heavy (non-hydrogen) atoms. The second-order valence-corrected chi connectivity index (χ2v) is 10.2. The minimum atomic E-state index is -3.49. The summed E-state index contributed by atoms with van der Waals surface area (Å²) in [5.74, 6) is 1.27. The highest BCUT2D eigenvalue weighted by Gasteiger charge is 2.42. The number of nitrogens with zero attached hydrogens (tertiary/aromatic N) is 1. The van der Waals surface area contributed by atoms with E-state index in [1.165, 1.54) is 0 Å². The Morgan fingerprint density at radius 3 is 2.63 bits per heavy atom. The van der Waals surface area contributed by atoms with Crippen molar-refractivity contribution in [2.75, 3.05) is 11.4 Å². The minimum Gasteiger partial charge on any atom is -0.312 e. The zero-order chi connectivity index (χ0) is 18.6. The average molecular weight is 387 g/mol. The molecule has 0 unspecified atom stereocenters. The molecule has 0 radical (unpaired) electrons. The number of carbonyl (C=O) groups excluding carboxylic acids is 1. The third kappa shape index (κ3) is 3.03. The Morgan fingerprint density at radius 1 is 1.11 bits per heavy atom. The number of carbonyl (C=O) groups is 1. The summed E-state index contributed by atoms with van der Waals surface area (Å²) in [4.78, 5) is 15.3. The molecule has 0 spiro atoms. The second-order valence-electron chi connectivity index (χ2n) is 8.52. The van der Waals surface area contributed by atoms with Crippen molar-refractivity contribution < 1.29 is 13.2 Å². The second kappa shape index (κ2) is 6.45. The summed E-state index contributed by atoms with van der Waals surface area (Å²) >= 11 is 0. The smallest absolute Gasteiger partial charge is 0.240 e. The van der Waals surface area contributed by atoms with Crippen LogP contribution in [0.3, 0.4) is 0 Å². The van der Waals surface area contributed by atoms with Gasteiger partial charge >= 0.3 is 0 Å². The molecule has 2 saturated carbocycles. The van der Waals surface area contributed by atoms with Crippen LogP contribution in [-0.2, 0) is 21.2 Å². The molecule has 1 heterocycles. The molecule has 5 rings (SSSR count). The molecule has 6 heteroatoms. The van der Waals surface area contributed by atoms with Crippen molar-refractivity contribution in [3.05, 3.63) is 35.9 Å². The largest absolute Gasteiger partial charge is 0.312 e. The maximum absolute atomic E-state index is 13.1. The van der Waals surface area contributed by atoms with Crippen LogP contribution in [0.4, 0.5) is 5.69 Å². The summed E-state index contributed by atoms with van der Waals surface area (Å²) in [6.45, 7) is 0.658. The molecule has 1 aromatic rings. The van der Waals surface area contributed by atoms with E-state index in [1.807, 2.05) is 11.0 Å². The molecule has 3 aliphatic carbocycles. The standard InChI is InChI=1S/C21H26N2O3S/c24-21(19-12-14-5-6-15(19)11-14)23-10-9-16-13-18(7-8-20(16)23)27(25,26)22-17-3-1-2-4-17/h5-8,13-15,17,19,22H,1-4,9-12H2/t14-,15+,19+/m1/s1. The van der Waals surface area contributed by atoms with E-state index in [0.29, 0.717) is 23.3 Å². The van der Waals surface area contributed by atoms with Gasteiger partial charge in [-0.1, -0.05) is 25.0 Å². The van der Waals surface area contributed by atoms with Crippen LogP contribution >= 0.6 is 0 Å². The van der Waals surface area contributed by atoms with E-state index in [2.05, 4.69) is 16.9 Å². The van der Waals surface area contributed by atoms with Crippen LogP contribution in [0.2, 0.25) is 0 Å². The Hall–Kier alpha value is -1.66. The van der Waals surface area contributed by atoms with E-state index in [-0.39, 0.29) is 17.9 Å². The number of sulfonamides is 1. The molecule has 1 N–H and O–H groups in total. The molecule has 2 bridgehead atoms. The van der Waals surface area contributed by atoms with Crippen molar-refractivity contribution in [2.45, 2.75) is 55.9 Å². The van der Waals surface area contributed by atoms with Crippen molar-refractivity contribution >= 4 is 21.6 Å². The Balaban J connectivity index is 1.36. The quantitative estimate of drug-likeness (QED) is 0.809. The summed E-state index contributed by atoms with van der Waals surface area (Å²) in [5, 5.41) is 0. The van der Waals surface area contributed by atoms with Gasteiger partial charge in [0.2, 0.25) is 15.9 Å². The minimum absolute atomic E-state index is 0.0622. The summed E-state index contributed by atoms with van der Waals surface area (Å²) < 4.78 is 28.2. The Morgan fingerprint density at radius 2 is 1.93 bits per heavy atom. The molecule has 2 fully saturated rings. The van der Waals surface area contributed by atoms with Crippen LogP contribution in [0.1, 0.15) is 44.1 Å². The molecule has 1 aliphatic heterocycles. The zero-order valence-electron chi connectivity index (χ0n) is 15.4. The number of amides is 1. The van der Waals surface area contributed by atoms with Gasteiger partial charge in [-0.3, -0.25) is 4.79 Å². The van der Waals surface area contributed by atoms with Crippen LogP contribution in [0.5, 0.6) is 0 Å². The van der Waals surface area contributed by atoms with E-state index in [4.69, 9.17) is 0 Å². The van der Waals surface area contributed by atoms with Gasteiger partial charge in [-0.2, -0.15) is 0 Å². The Kier molecular flexibility index (Phi) is 4.17. The molecule has 3 atom stereocenters. The maximum atomic E-state index is 13.1. The van der Waals surface area contributed by atoms with Gasteiger partial charge in [0.1, 0.15) is 0 Å². The number of hydrogen-bond acceptors (Lipinski definition) is 3. The van der Waals surface area contributed by atoms with E-state index < -0.39 is 10.0 Å². The molecule has 4 aliphatic rings. The lowest BCUT2D eigenvalue weighted by molar-refractivity contribution is -0.123. The van der Waals surface area contributed by atoms with Crippen LogP contribution < -0.4 is 9.62 Å². The highest BCUT2D eigenvalue weighted by Crippen LogP contribution is 2.45. The first-order chi connectivity index (χ1) is 13.0. The lowest BCUT2D eigenvalue weighted by Crippen LogP contribution is -2.36. The van der Waals surface area contributed by atoms with Crippen LogP contribution in [0.15, 0.2) is 35.2 Å². The van der Waals surface area contributed by atoms with Gasteiger partial charge in [0.25, 0.3) is 0 Å². The van der Waals surface area contributed by atoms with Crippen molar-refractivity contribution in [2.24, 2.45) is 17.8 Å². The number of fused-ring (bicyclic) bond motifs is 3. The lowest BCUT2D eigenvalue weighted by atomic mass is 9.92. The molecular weight excluding hydrogens is 360 g/mol. The summed E-state index contributed by atoms with van der Waals surface area (Å²) in [5.41, 5.74) is 1.86. The highest BCUT2D eigenvalue weighted by atomic mass is 32.2. The fraction of sp³-hybridized carbons (Fsp3) is 0.571. The van der Waals surface area contributed by atoms with Gasteiger partial charge in [-0.05, 0) is 67.7 Å². The fourth-order valence-corrected chi connectivity index (χ4v) is 6.73. The summed E-state index contributed by atoms with van der Waals surface area (Å²) in [7, 11) is -3.49.